The van der Waals surface area contributed by atoms with E-state index >= 15 is 0 Å². The molecular formula is C85H72N2O2. The first kappa shape index (κ1) is 57.7. The van der Waals surface area contributed by atoms with Crippen molar-refractivity contribution < 1.29 is 9.53 Å². The van der Waals surface area contributed by atoms with Gasteiger partial charge in [0.2, 0.25) is 0 Å². The Bertz CT molecular complexity index is 4140. The average molecular weight is 1150 g/mol. The van der Waals surface area contributed by atoms with Crippen LogP contribution in [0, 0.1) is 0 Å². The van der Waals surface area contributed by atoms with Gasteiger partial charge < -0.3 is 14.5 Å². The molecule has 0 amide bonds. The summed E-state index contributed by atoms with van der Waals surface area (Å²) in [5.41, 5.74) is 28.6. The highest BCUT2D eigenvalue weighted by Gasteiger charge is 2.37. The van der Waals surface area contributed by atoms with Gasteiger partial charge in [0, 0.05) is 63.7 Å². The number of rotatable bonds is 12. The number of benzene rings is 12. The molecule has 0 aromatic heterocycles. The molecule has 0 unspecified atom stereocenters. The summed E-state index contributed by atoms with van der Waals surface area (Å²) in [6.07, 6.45) is 5.31. The first-order valence-electron chi connectivity index (χ1n) is 31.0. The van der Waals surface area contributed by atoms with E-state index in [0.717, 1.165) is 70.3 Å². The number of fused-ring (bicyclic) bond motifs is 6. The molecule has 434 valence electrons. The number of hydrogen-bond donors (Lipinski definition) is 0. The first-order chi connectivity index (χ1) is 43.5. The molecule has 0 N–H and O–H groups in total. The van der Waals surface area contributed by atoms with Gasteiger partial charge in [-0.3, -0.25) is 4.79 Å². The third kappa shape index (κ3) is 11.7. The van der Waals surface area contributed by atoms with Crippen LogP contribution in [-0.4, -0.2) is 19.5 Å². The van der Waals surface area contributed by atoms with Crippen LogP contribution in [0.15, 0.2) is 298 Å². The number of aldehydes is 1. The third-order valence-electron chi connectivity index (χ3n) is 18.1. The van der Waals surface area contributed by atoms with Gasteiger partial charge in [0.25, 0.3) is 0 Å². The van der Waals surface area contributed by atoms with Crippen LogP contribution in [0.4, 0.5) is 34.1 Å². The molecule has 0 saturated carbocycles. The topological polar surface area (TPSA) is 32.8 Å². The highest BCUT2D eigenvalue weighted by molar-refractivity contribution is 5.89. The van der Waals surface area contributed by atoms with E-state index in [4.69, 9.17) is 4.74 Å². The molecule has 0 spiro atoms. The van der Waals surface area contributed by atoms with Crippen LogP contribution in [0.25, 0.3) is 72.8 Å². The Labute approximate surface area is 525 Å². The van der Waals surface area contributed by atoms with Gasteiger partial charge in [0.15, 0.2) is 0 Å². The van der Waals surface area contributed by atoms with Gasteiger partial charge in [-0.25, -0.2) is 0 Å². The van der Waals surface area contributed by atoms with Crippen LogP contribution >= 0.6 is 0 Å². The second-order valence-corrected chi connectivity index (χ2v) is 24.3. The standard InChI is InChI=1S/C41H33N.C40H31NO.C4H8O/c1-4-29-14-16-31(17-15-29)33-20-24-35(25-21-33)42(34-22-18-32(19-23-34)30-10-6-5-7-11-30)36-26-27-38-37-12-8-9-13-39(37)41(2,3)40(38)28-36;1-40(2)38-11-7-6-10-36(38)37-25-24-35(26-39(37)40)41(33-20-16-31(17-21-33)29-8-4-3-5-9-29)34-22-18-32(19-23-34)30-14-12-28(27-42)13-15-30;1-2-4-5-3-1/h4-28H,1H2,2-3H3;3-27H,1-2H3;1-4H2. The van der Waals surface area contributed by atoms with Crippen molar-refractivity contribution in [3.63, 3.8) is 0 Å². The van der Waals surface area contributed by atoms with Crippen molar-refractivity contribution in [3.05, 3.63) is 331 Å². The summed E-state index contributed by atoms with van der Waals surface area (Å²) in [7, 11) is 0. The number of hydrogen-bond acceptors (Lipinski definition) is 4. The zero-order valence-electron chi connectivity index (χ0n) is 51.1. The summed E-state index contributed by atoms with van der Waals surface area (Å²) < 4.78 is 4.94. The van der Waals surface area contributed by atoms with E-state index < -0.39 is 0 Å². The van der Waals surface area contributed by atoms with Crippen LogP contribution in [0.1, 0.15) is 78.7 Å². The smallest absolute Gasteiger partial charge is 0.150 e. The van der Waals surface area contributed by atoms with Gasteiger partial charge >= 0.3 is 0 Å². The largest absolute Gasteiger partial charge is 0.381 e. The van der Waals surface area contributed by atoms with Crippen molar-refractivity contribution in [2.75, 3.05) is 23.0 Å². The van der Waals surface area contributed by atoms with E-state index in [2.05, 4.69) is 305 Å². The van der Waals surface area contributed by atoms with Gasteiger partial charge in [-0.1, -0.05) is 259 Å². The third-order valence-corrected chi connectivity index (χ3v) is 18.1. The van der Waals surface area contributed by atoms with Crippen LogP contribution in [0.5, 0.6) is 0 Å². The number of nitrogens with zero attached hydrogens (tertiary/aromatic N) is 2. The molecule has 89 heavy (non-hydrogen) atoms. The van der Waals surface area contributed by atoms with Gasteiger partial charge in [-0.15, -0.1) is 0 Å². The Kier molecular flexibility index (Phi) is 16.3. The first-order valence-corrected chi connectivity index (χ1v) is 31.0. The Balaban J connectivity index is 0.000000152. The minimum atomic E-state index is -0.0810. The minimum absolute atomic E-state index is 0.0633. The Hall–Kier alpha value is -10.4. The molecule has 1 heterocycles. The van der Waals surface area contributed by atoms with E-state index in [1.807, 2.05) is 36.4 Å². The SMILES string of the molecule is C1CCOC1.C=Cc1ccc(-c2ccc(N(c3ccc(-c4ccccc4)cc3)c3ccc4c(c3)C(C)(C)c3ccccc3-4)cc2)cc1.CC1(C)c2ccccc2-c2ccc(N(c3ccc(-c4ccccc4)cc3)c3ccc(-c4ccc(C=O)cc4)cc3)cc21. The molecule has 0 atom stereocenters. The maximum Gasteiger partial charge on any atom is 0.150 e. The van der Waals surface area contributed by atoms with E-state index in [0.29, 0.717) is 5.56 Å². The van der Waals surface area contributed by atoms with Crippen LogP contribution in [0.3, 0.4) is 0 Å². The number of carbonyl (C=O) groups excluding carboxylic acids is 1. The summed E-state index contributed by atoms with van der Waals surface area (Å²) >= 11 is 0. The molecule has 12 aromatic rings. The number of carbonyl (C=O) groups is 1. The number of anilines is 6. The van der Waals surface area contributed by atoms with Gasteiger partial charge in [-0.05, 0) is 180 Å². The molecule has 4 nitrogen and oxygen atoms in total. The van der Waals surface area contributed by atoms with Gasteiger partial charge in [0.05, 0.1) is 0 Å². The Morgan fingerprint density at radius 1 is 0.315 bits per heavy atom. The normalized spacial score (nSPS) is 13.4. The van der Waals surface area contributed by atoms with Crippen LogP contribution < -0.4 is 9.80 Å². The Morgan fingerprint density at radius 3 is 0.910 bits per heavy atom. The molecule has 1 saturated heterocycles. The molecule has 1 aliphatic heterocycles. The van der Waals surface area contributed by atoms with Crippen molar-refractivity contribution >= 4 is 46.5 Å². The molecule has 12 aromatic carbocycles. The van der Waals surface area contributed by atoms with Gasteiger partial charge in [-0.2, -0.15) is 0 Å². The van der Waals surface area contributed by atoms with Crippen molar-refractivity contribution in [2.24, 2.45) is 0 Å². The highest BCUT2D eigenvalue weighted by Crippen LogP contribution is 2.52. The summed E-state index contributed by atoms with van der Waals surface area (Å²) in [5, 5.41) is 0. The monoisotopic (exact) mass is 1150 g/mol. The van der Waals surface area contributed by atoms with Crippen molar-refractivity contribution in [3.8, 4) is 66.8 Å². The van der Waals surface area contributed by atoms with Crippen molar-refractivity contribution in [1.82, 2.24) is 0 Å². The molecule has 0 bridgehead atoms. The van der Waals surface area contributed by atoms with Gasteiger partial charge in [0.1, 0.15) is 6.29 Å². The fourth-order valence-corrected chi connectivity index (χ4v) is 13.1. The molecule has 0 radical (unpaired) electrons. The molecular weight excluding hydrogens is 1080 g/mol. The van der Waals surface area contributed by atoms with E-state index in [1.165, 1.54) is 90.7 Å². The van der Waals surface area contributed by atoms with Crippen LogP contribution in [-0.2, 0) is 15.6 Å². The second kappa shape index (κ2) is 25.1. The maximum absolute atomic E-state index is 11.1. The fraction of sp³-hybridized carbons (Fsp3) is 0.118. The molecule has 1 fully saturated rings. The molecule has 4 heteroatoms. The quantitative estimate of drug-likeness (QED) is 0.114. The number of ether oxygens (including phenoxy) is 1. The zero-order valence-corrected chi connectivity index (χ0v) is 51.1. The summed E-state index contributed by atoms with van der Waals surface area (Å²) in [6, 6.07) is 104. The Morgan fingerprint density at radius 2 is 0.596 bits per heavy atom. The fourth-order valence-electron chi connectivity index (χ4n) is 13.1. The lowest BCUT2D eigenvalue weighted by Gasteiger charge is -2.28. The summed E-state index contributed by atoms with van der Waals surface area (Å²) in [5.74, 6) is 0. The highest BCUT2D eigenvalue weighted by atomic mass is 16.5. The van der Waals surface area contributed by atoms with Crippen molar-refractivity contribution in [2.45, 2.75) is 51.4 Å². The van der Waals surface area contributed by atoms with E-state index in [1.54, 1.807) is 0 Å². The average Bonchev–Trinajstić information content (AvgIpc) is 1.87. The lowest BCUT2D eigenvalue weighted by molar-refractivity contribution is 0.112. The zero-order chi connectivity index (χ0) is 60.9. The van der Waals surface area contributed by atoms with E-state index in [9.17, 15) is 4.79 Å². The second-order valence-electron chi connectivity index (χ2n) is 24.3. The molecule has 2 aliphatic carbocycles. The van der Waals surface area contributed by atoms with Crippen molar-refractivity contribution in [1.29, 1.82) is 0 Å². The molecule has 15 rings (SSSR count). The maximum atomic E-state index is 11.1. The summed E-state index contributed by atoms with van der Waals surface area (Å²) in [6.45, 7) is 15.2. The molecule has 3 aliphatic rings. The lowest BCUT2D eigenvalue weighted by Crippen LogP contribution is -2.16. The van der Waals surface area contributed by atoms with Crippen LogP contribution in [0.2, 0.25) is 0 Å². The minimum Gasteiger partial charge on any atom is -0.381 e. The predicted molar refractivity (Wildman–Crippen MR) is 375 cm³/mol. The predicted octanol–water partition coefficient (Wildman–Crippen LogP) is 22.8. The van der Waals surface area contributed by atoms with E-state index in [-0.39, 0.29) is 10.8 Å². The summed E-state index contributed by atoms with van der Waals surface area (Å²) in [4.78, 5) is 15.8. The lowest BCUT2D eigenvalue weighted by atomic mass is 9.82.